The quantitative estimate of drug-likeness (QED) is 0.0673. The molecule has 0 spiro atoms. The lowest BCUT2D eigenvalue weighted by molar-refractivity contribution is -0.394. The molecule has 0 saturated heterocycles. The topological polar surface area (TPSA) is 305 Å². The van der Waals surface area contributed by atoms with Crippen LogP contribution in [0.5, 0.6) is 34.5 Å². The molecule has 0 atom stereocenters. The standard InChI is InChI=1S/C35H25N9O14/c1-55-32-14-20(6-10-30(32)57-28-12-8-22(41(47)48)16-26(28)43(51)52)18-36-39-34(45)24-4-3-5-25(38-24)35(46)40-37-19-21-7-11-31(33(15-21)56-2)58-29-13-9-23(42(49)50)17-27(29)44(53)54/h3-19H,1-2H3,(H,39,45)(H,40,46)/b36-18-,37-19+. The zero-order valence-corrected chi connectivity index (χ0v) is 29.7. The second-order valence-electron chi connectivity index (χ2n) is 11.2. The van der Waals surface area contributed by atoms with Crippen molar-refractivity contribution in [1.29, 1.82) is 0 Å². The molecule has 0 aliphatic rings. The van der Waals surface area contributed by atoms with Crippen LogP contribution in [0.4, 0.5) is 22.7 Å². The van der Waals surface area contributed by atoms with Crippen LogP contribution in [0.1, 0.15) is 32.1 Å². The number of hydrogen-bond acceptors (Lipinski definition) is 17. The SMILES string of the molecule is COc1cc(/C=N\NC(=O)c2cccc(C(=O)N/N=C/c3ccc(Oc4ccc([N+](=O)[O-])cc4[N+](=O)[O-])c(OC)c3)n2)ccc1Oc1ccc([N+](=O)[O-])cc1[N+](=O)[O-]. The highest BCUT2D eigenvalue weighted by Gasteiger charge is 2.24. The molecule has 0 aliphatic heterocycles. The average molecular weight is 796 g/mol. The number of ether oxygens (including phenoxy) is 4. The third kappa shape index (κ3) is 9.80. The van der Waals surface area contributed by atoms with Gasteiger partial charge in [0.25, 0.3) is 23.2 Å². The Morgan fingerprint density at radius 1 is 0.552 bits per heavy atom. The highest BCUT2D eigenvalue weighted by atomic mass is 16.6. The van der Waals surface area contributed by atoms with Gasteiger partial charge in [-0.25, -0.2) is 15.8 Å². The van der Waals surface area contributed by atoms with Gasteiger partial charge in [0, 0.05) is 12.1 Å². The smallest absolute Gasteiger partial charge is 0.318 e. The van der Waals surface area contributed by atoms with Crippen molar-refractivity contribution in [1.82, 2.24) is 15.8 Å². The van der Waals surface area contributed by atoms with Crippen molar-refractivity contribution >= 4 is 47.0 Å². The number of hydrogen-bond donors (Lipinski definition) is 2. The number of rotatable bonds is 16. The van der Waals surface area contributed by atoms with E-state index in [-0.39, 0.29) is 45.9 Å². The number of pyridine rings is 1. The monoisotopic (exact) mass is 795 g/mol. The molecule has 23 nitrogen and oxygen atoms in total. The summed E-state index contributed by atoms with van der Waals surface area (Å²) in [7, 11) is 2.62. The van der Waals surface area contributed by atoms with Gasteiger partial charge in [0.2, 0.25) is 11.5 Å². The first-order valence-electron chi connectivity index (χ1n) is 16.0. The Morgan fingerprint density at radius 2 is 0.948 bits per heavy atom. The highest BCUT2D eigenvalue weighted by Crippen LogP contribution is 2.39. The molecule has 1 aromatic heterocycles. The Balaban J connectivity index is 1.19. The summed E-state index contributed by atoms with van der Waals surface area (Å²) in [6, 6.07) is 18.6. The largest absolute Gasteiger partial charge is 0.493 e. The van der Waals surface area contributed by atoms with Crippen molar-refractivity contribution in [3.05, 3.63) is 154 Å². The molecule has 23 heteroatoms. The Bertz CT molecular complexity index is 2360. The number of methoxy groups -OCH3 is 2. The van der Waals surface area contributed by atoms with Crippen LogP contribution < -0.4 is 29.8 Å². The third-order valence-electron chi connectivity index (χ3n) is 7.49. The number of carbonyl (C=O) groups excluding carboxylic acids is 2. The van der Waals surface area contributed by atoms with Crippen molar-refractivity contribution in [2.24, 2.45) is 10.2 Å². The van der Waals surface area contributed by atoms with Gasteiger partial charge < -0.3 is 18.9 Å². The van der Waals surface area contributed by atoms with E-state index < -0.39 is 54.3 Å². The van der Waals surface area contributed by atoms with Crippen molar-refractivity contribution < 1.29 is 48.2 Å². The molecule has 294 valence electrons. The number of non-ortho nitro benzene ring substituents is 2. The summed E-state index contributed by atoms with van der Waals surface area (Å²) in [5, 5.41) is 52.8. The number of amides is 2. The molecule has 0 unspecified atom stereocenters. The number of nitro benzene ring substituents is 4. The first-order valence-corrected chi connectivity index (χ1v) is 16.0. The molecule has 0 aliphatic carbocycles. The summed E-state index contributed by atoms with van der Waals surface area (Å²) >= 11 is 0. The molecule has 5 rings (SSSR count). The van der Waals surface area contributed by atoms with E-state index in [0.29, 0.717) is 11.1 Å². The van der Waals surface area contributed by atoms with E-state index in [4.69, 9.17) is 18.9 Å². The van der Waals surface area contributed by atoms with Gasteiger partial charge in [-0.1, -0.05) is 6.07 Å². The Morgan fingerprint density at radius 3 is 1.31 bits per heavy atom. The van der Waals surface area contributed by atoms with Gasteiger partial charge >= 0.3 is 11.4 Å². The Labute approximate surface area is 323 Å². The van der Waals surface area contributed by atoms with Crippen molar-refractivity contribution in [2.45, 2.75) is 0 Å². The van der Waals surface area contributed by atoms with Crippen LogP contribution in [0.25, 0.3) is 0 Å². The second-order valence-corrected chi connectivity index (χ2v) is 11.2. The van der Waals surface area contributed by atoms with E-state index in [0.717, 1.165) is 36.4 Å². The second kappa shape index (κ2) is 18.0. The fourth-order valence-electron chi connectivity index (χ4n) is 4.76. The minimum Gasteiger partial charge on any atom is -0.493 e. The van der Waals surface area contributed by atoms with Gasteiger partial charge in [-0.05, 0) is 71.8 Å². The van der Waals surface area contributed by atoms with Crippen LogP contribution in [0.2, 0.25) is 0 Å². The number of benzene rings is 4. The van der Waals surface area contributed by atoms with Crippen LogP contribution in [0, 0.1) is 40.5 Å². The summed E-state index contributed by atoms with van der Waals surface area (Å²) in [4.78, 5) is 71.4. The number of nitro groups is 4. The molecule has 2 N–H and O–H groups in total. The maximum Gasteiger partial charge on any atom is 0.318 e. The Kier molecular flexibility index (Phi) is 12.5. The van der Waals surface area contributed by atoms with E-state index in [9.17, 15) is 50.0 Å². The lowest BCUT2D eigenvalue weighted by atomic mass is 10.2. The van der Waals surface area contributed by atoms with Crippen LogP contribution in [-0.4, -0.2) is 63.1 Å². The van der Waals surface area contributed by atoms with Gasteiger partial charge in [0.15, 0.2) is 23.0 Å². The van der Waals surface area contributed by atoms with Gasteiger partial charge in [-0.15, -0.1) is 0 Å². The summed E-state index contributed by atoms with van der Waals surface area (Å²) in [6.07, 6.45) is 2.49. The van der Waals surface area contributed by atoms with Crippen LogP contribution in [-0.2, 0) is 0 Å². The predicted octanol–water partition coefficient (Wildman–Crippen LogP) is 5.84. The Hall–Kier alpha value is -8.89. The lowest BCUT2D eigenvalue weighted by Crippen LogP contribution is -2.23. The molecule has 1 heterocycles. The minimum atomic E-state index is -0.823. The molecule has 0 fully saturated rings. The first-order chi connectivity index (χ1) is 27.8. The van der Waals surface area contributed by atoms with E-state index in [1.807, 2.05) is 0 Å². The maximum atomic E-state index is 12.8. The molecule has 4 aromatic carbocycles. The number of nitrogens with zero attached hydrogens (tertiary/aromatic N) is 7. The lowest BCUT2D eigenvalue weighted by Gasteiger charge is -2.11. The fourth-order valence-corrected chi connectivity index (χ4v) is 4.76. The zero-order valence-electron chi connectivity index (χ0n) is 29.7. The van der Waals surface area contributed by atoms with Gasteiger partial charge in [-0.2, -0.15) is 10.2 Å². The number of carbonyl (C=O) groups is 2. The van der Waals surface area contributed by atoms with E-state index in [2.05, 4.69) is 26.0 Å². The molecule has 5 aromatic rings. The summed E-state index contributed by atoms with van der Waals surface area (Å²) < 4.78 is 21.8. The molecule has 0 saturated carbocycles. The zero-order chi connectivity index (χ0) is 41.9. The van der Waals surface area contributed by atoms with Crippen LogP contribution >= 0.6 is 0 Å². The number of nitrogens with one attached hydrogen (secondary N) is 2. The highest BCUT2D eigenvalue weighted by molar-refractivity contribution is 5.97. The average Bonchev–Trinajstić information content (AvgIpc) is 3.21. The molecule has 0 bridgehead atoms. The van der Waals surface area contributed by atoms with Crippen LogP contribution in [0.3, 0.4) is 0 Å². The van der Waals surface area contributed by atoms with E-state index in [1.165, 1.54) is 81.2 Å². The summed E-state index contributed by atoms with van der Waals surface area (Å²) in [6.45, 7) is 0. The minimum absolute atomic E-state index is 0.0448. The van der Waals surface area contributed by atoms with Crippen molar-refractivity contribution in [2.75, 3.05) is 14.2 Å². The van der Waals surface area contributed by atoms with E-state index in [1.54, 1.807) is 0 Å². The van der Waals surface area contributed by atoms with Crippen molar-refractivity contribution in [3.8, 4) is 34.5 Å². The van der Waals surface area contributed by atoms with E-state index >= 15 is 0 Å². The maximum absolute atomic E-state index is 12.8. The van der Waals surface area contributed by atoms with Gasteiger partial charge in [-0.3, -0.25) is 50.0 Å². The molecule has 58 heavy (non-hydrogen) atoms. The summed E-state index contributed by atoms with van der Waals surface area (Å²) in [5.41, 5.74) is 2.75. The predicted molar refractivity (Wildman–Crippen MR) is 200 cm³/mol. The molecular weight excluding hydrogens is 770 g/mol. The third-order valence-corrected chi connectivity index (χ3v) is 7.49. The summed E-state index contributed by atoms with van der Waals surface area (Å²) in [5.74, 6) is -1.77. The normalized spacial score (nSPS) is 10.8. The number of aromatic nitrogens is 1. The fraction of sp³-hybridized carbons (Fsp3) is 0.0571. The molecule has 0 radical (unpaired) electrons. The molecular formula is C35H25N9O14. The van der Waals surface area contributed by atoms with Gasteiger partial charge in [0.1, 0.15) is 11.4 Å². The van der Waals surface area contributed by atoms with Crippen molar-refractivity contribution in [3.63, 3.8) is 0 Å². The first kappa shape index (κ1) is 40.3. The number of hydrazone groups is 2. The van der Waals surface area contributed by atoms with Gasteiger partial charge in [0.05, 0.1) is 58.5 Å². The van der Waals surface area contributed by atoms with Crippen LogP contribution in [0.15, 0.2) is 101 Å². The molecule has 2 amide bonds.